The number of carboxylic acids is 1. The average Bonchev–Trinajstić information content (AvgIpc) is 3.17. The lowest BCUT2D eigenvalue weighted by molar-refractivity contribution is -0.140. The number of hydrogen-bond acceptors (Lipinski definition) is 4. The summed E-state index contributed by atoms with van der Waals surface area (Å²) in [5.41, 5.74) is -0.441. The van der Waals surface area contributed by atoms with Crippen LogP contribution in [0.1, 0.15) is 39.2 Å². The van der Waals surface area contributed by atoms with Crippen LogP contribution in [0.5, 0.6) is 5.75 Å². The highest BCUT2D eigenvalue weighted by atomic mass is 16.6. The van der Waals surface area contributed by atoms with Crippen molar-refractivity contribution in [3.63, 3.8) is 0 Å². The molecule has 1 saturated carbocycles. The van der Waals surface area contributed by atoms with Crippen LogP contribution in [0.25, 0.3) is 0 Å². The number of carboxylic acid groups (broad SMARTS) is 1. The second-order valence-electron chi connectivity index (χ2n) is 6.43. The quantitative estimate of drug-likeness (QED) is 0.892. The zero-order chi connectivity index (χ0) is 16.5. The summed E-state index contributed by atoms with van der Waals surface area (Å²) in [4.78, 5) is 23.3. The predicted molar refractivity (Wildman–Crippen MR) is 81.4 cm³/mol. The number of nitrogens with one attached hydrogen (secondary N) is 1. The van der Waals surface area contributed by atoms with Crippen LogP contribution in [-0.4, -0.2) is 29.9 Å². The zero-order valence-corrected chi connectivity index (χ0v) is 13.2. The van der Waals surface area contributed by atoms with Crippen molar-refractivity contribution in [1.82, 2.24) is 0 Å². The number of ether oxygens (including phenoxy) is 2. The zero-order valence-electron chi connectivity index (χ0n) is 13.2. The van der Waals surface area contributed by atoms with Gasteiger partial charge >= 0.3 is 12.1 Å². The number of amides is 1. The first-order chi connectivity index (χ1) is 10.2. The third kappa shape index (κ3) is 3.32. The van der Waals surface area contributed by atoms with Crippen molar-refractivity contribution in [3.05, 3.63) is 23.8 Å². The normalized spacial score (nSPS) is 15.8. The Morgan fingerprint density at radius 3 is 2.36 bits per heavy atom. The van der Waals surface area contributed by atoms with Crippen LogP contribution < -0.4 is 10.1 Å². The minimum atomic E-state index is -0.906. The maximum Gasteiger partial charge on any atom is 0.412 e. The van der Waals surface area contributed by atoms with Crippen molar-refractivity contribution in [2.24, 2.45) is 0 Å². The highest BCUT2D eigenvalue weighted by Gasteiger charge is 2.53. The molecule has 0 spiro atoms. The lowest BCUT2D eigenvalue weighted by Crippen LogP contribution is -2.27. The van der Waals surface area contributed by atoms with Gasteiger partial charge in [-0.15, -0.1) is 0 Å². The first-order valence-corrected chi connectivity index (χ1v) is 7.10. The molecule has 6 nitrogen and oxygen atoms in total. The maximum atomic E-state index is 11.8. The molecule has 1 aromatic rings. The molecule has 1 amide bonds. The lowest BCUT2D eigenvalue weighted by Gasteiger charge is -2.20. The van der Waals surface area contributed by atoms with Gasteiger partial charge in [0.1, 0.15) is 11.4 Å². The Kier molecular flexibility index (Phi) is 4.04. The fraction of sp³-hybridized carbons (Fsp3) is 0.500. The second kappa shape index (κ2) is 5.51. The molecule has 0 aromatic heterocycles. The van der Waals surface area contributed by atoms with Crippen molar-refractivity contribution < 1.29 is 24.2 Å². The van der Waals surface area contributed by atoms with E-state index in [-0.39, 0.29) is 0 Å². The van der Waals surface area contributed by atoms with Gasteiger partial charge in [-0.25, -0.2) is 4.79 Å². The Balaban J connectivity index is 2.25. The van der Waals surface area contributed by atoms with Gasteiger partial charge in [0.05, 0.1) is 12.5 Å². The van der Waals surface area contributed by atoms with Gasteiger partial charge in [0, 0.05) is 11.3 Å². The minimum absolute atomic E-state index is 0.484. The van der Waals surface area contributed by atoms with E-state index in [2.05, 4.69) is 5.32 Å². The first-order valence-electron chi connectivity index (χ1n) is 7.10. The van der Waals surface area contributed by atoms with Crippen molar-refractivity contribution in [3.8, 4) is 5.75 Å². The molecule has 2 N–H and O–H groups in total. The molecule has 0 heterocycles. The summed E-state index contributed by atoms with van der Waals surface area (Å²) >= 11 is 0. The van der Waals surface area contributed by atoms with Crippen LogP contribution >= 0.6 is 0 Å². The van der Waals surface area contributed by atoms with Crippen molar-refractivity contribution in [1.29, 1.82) is 0 Å². The summed E-state index contributed by atoms with van der Waals surface area (Å²) < 4.78 is 10.4. The van der Waals surface area contributed by atoms with Gasteiger partial charge in [-0.2, -0.15) is 0 Å². The van der Waals surface area contributed by atoms with Gasteiger partial charge in [0.15, 0.2) is 0 Å². The largest absolute Gasteiger partial charge is 0.496 e. The molecule has 0 saturated heterocycles. The molecule has 120 valence electrons. The molecule has 1 aliphatic carbocycles. The molecule has 1 aromatic carbocycles. The molecule has 0 aliphatic heterocycles. The maximum absolute atomic E-state index is 11.8. The van der Waals surface area contributed by atoms with Gasteiger partial charge in [0.25, 0.3) is 0 Å². The van der Waals surface area contributed by atoms with E-state index in [1.54, 1.807) is 39.0 Å². The number of hydrogen-bond donors (Lipinski definition) is 2. The summed E-state index contributed by atoms with van der Waals surface area (Å²) in [7, 11) is 1.50. The fourth-order valence-corrected chi connectivity index (χ4v) is 2.30. The third-order valence-corrected chi connectivity index (χ3v) is 3.52. The standard InChI is InChI=1S/C16H21NO5/c1-15(2,3)22-14(20)17-10-5-6-12(21-4)11(9-10)16(7-8-16)13(18)19/h5-6,9H,7-8H2,1-4H3,(H,17,20)(H,18,19). The molecule has 2 rings (SSSR count). The van der Waals surface area contributed by atoms with Crippen molar-refractivity contribution in [2.75, 3.05) is 12.4 Å². The van der Waals surface area contributed by atoms with E-state index in [1.165, 1.54) is 7.11 Å². The molecule has 0 radical (unpaired) electrons. The Morgan fingerprint density at radius 2 is 1.91 bits per heavy atom. The van der Waals surface area contributed by atoms with Crippen LogP contribution in [0, 0.1) is 0 Å². The topological polar surface area (TPSA) is 84.9 Å². The number of benzene rings is 1. The van der Waals surface area contributed by atoms with Crippen molar-refractivity contribution in [2.45, 2.75) is 44.6 Å². The first kappa shape index (κ1) is 16.1. The van der Waals surface area contributed by atoms with Crippen molar-refractivity contribution >= 4 is 17.7 Å². The Hall–Kier alpha value is -2.24. The minimum Gasteiger partial charge on any atom is -0.496 e. The Bertz CT molecular complexity index is 599. The van der Waals surface area contributed by atoms with Crippen LogP contribution in [0.2, 0.25) is 0 Å². The summed E-state index contributed by atoms with van der Waals surface area (Å²) in [5, 5.41) is 12.1. The van der Waals surface area contributed by atoms with Gasteiger partial charge in [-0.3, -0.25) is 10.1 Å². The smallest absolute Gasteiger partial charge is 0.412 e. The number of carbonyl (C=O) groups is 2. The SMILES string of the molecule is COc1ccc(NC(=O)OC(C)(C)C)cc1C1(C(=O)O)CC1. The summed E-state index contributed by atoms with van der Waals surface area (Å²) in [6.07, 6.45) is 0.548. The van der Waals surface area contributed by atoms with Gasteiger partial charge in [0.2, 0.25) is 0 Å². The van der Waals surface area contributed by atoms with E-state index in [9.17, 15) is 14.7 Å². The highest BCUT2D eigenvalue weighted by Crippen LogP contribution is 2.52. The third-order valence-electron chi connectivity index (χ3n) is 3.52. The number of rotatable bonds is 4. The summed E-state index contributed by atoms with van der Waals surface area (Å²) in [5.74, 6) is -0.366. The number of aliphatic carboxylic acids is 1. The van der Waals surface area contributed by atoms with Gasteiger partial charge in [-0.05, 0) is 51.8 Å². The molecular formula is C16H21NO5. The Labute approximate surface area is 129 Å². The van der Waals surface area contributed by atoms with Gasteiger partial charge in [-0.1, -0.05) is 0 Å². The molecule has 0 atom stereocenters. The summed E-state index contributed by atoms with van der Waals surface area (Å²) in [6, 6.07) is 4.96. The van der Waals surface area contributed by atoms with Gasteiger partial charge < -0.3 is 14.6 Å². The molecule has 1 aliphatic rings. The highest BCUT2D eigenvalue weighted by molar-refractivity contribution is 5.89. The van der Waals surface area contributed by atoms with E-state index in [1.807, 2.05) is 0 Å². The molecular weight excluding hydrogens is 286 g/mol. The van der Waals surface area contributed by atoms with Crippen LogP contribution in [0.4, 0.5) is 10.5 Å². The molecule has 0 bridgehead atoms. The van der Waals surface area contributed by atoms with E-state index in [4.69, 9.17) is 9.47 Å². The van der Waals surface area contributed by atoms with E-state index in [0.29, 0.717) is 29.8 Å². The summed E-state index contributed by atoms with van der Waals surface area (Å²) in [6.45, 7) is 5.32. The number of methoxy groups -OCH3 is 1. The lowest BCUT2D eigenvalue weighted by atomic mass is 9.94. The second-order valence-corrected chi connectivity index (χ2v) is 6.43. The molecule has 1 fully saturated rings. The number of carbonyl (C=O) groups excluding carboxylic acids is 1. The average molecular weight is 307 g/mol. The number of anilines is 1. The predicted octanol–water partition coefficient (Wildman–Crippen LogP) is 3.16. The monoisotopic (exact) mass is 307 g/mol. The fourth-order valence-electron chi connectivity index (χ4n) is 2.30. The van der Waals surface area contributed by atoms with E-state index < -0.39 is 23.1 Å². The van der Waals surface area contributed by atoms with Crippen LogP contribution in [0.3, 0.4) is 0 Å². The van der Waals surface area contributed by atoms with E-state index in [0.717, 1.165) is 0 Å². The Morgan fingerprint density at radius 1 is 1.27 bits per heavy atom. The van der Waals surface area contributed by atoms with Crippen LogP contribution in [-0.2, 0) is 14.9 Å². The van der Waals surface area contributed by atoms with Crippen LogP contribution in [0.15, 0.2) is 18.2 Å². The molecule has 6 heteroatoms. The molecule has 22 heavy (non-hydrogen) atoms. The molecule has 0 unspecified atom stereocenters. The van der Waals surface area contributed by atoms with E-state index >= 15 is 0 Å².